The zero-order valence-corrected chi connectivity index (χ0v) is 14.8. The number of urea groups is 1. The van der Waals surface area contributed by atoms with Gasteiger partial charge in [-0.15, -0.1) is 0 Å². The Balaban J connectivity index is 1.58. The lowest BCUT2D eigenvalue weighted by atomic mass is 10.1. The first-order valence-corrected chi connectivity index (χ1v) is 8.43. The van der Waals surface area contributed by atoms with E-state index >= 15 is 0 Å². The Kier molecular flexibility index (Phi) is 4.44. The van der Waals surface area contributed by atoms with Crippen molar-refractivity contribution >= 4 is 28.4 Å². The molecule has 140 valence electrons. The number of amides is 2. The van der Waals surface area contributed by atoms with E-state index in [9.17, 15) is 13.6 Å². The molecule has 0 bridgehead atoms. The third-order valence-corrected chi connectivity index (χ3v) is 4.24. The number of aryl methyl sites for hydroxylation is 1. The third-order valence-electron chi connectivity index (χ3n) is 4.24. The third kappa shape index (κ3) is 3.39. The van der Waals surface area contributed by atoms with Crippen LogP contribution in [0.4, 0.5) is 25.0 Å². The fourth-order valence-corrected chi connectivity index (χ4v) is 2.95. The van der Waals surface area contributed by atoms with E-state index in [1.807, 2.05) is 13.1 Å². The molecular weight excluding hydrogens is 364 g/mol. The lowest BCUT2D eigenvalue weighted by molar-refractivity contribution is 0.262. The number of carbonyl (C=O) groups is 1. The standard InChI is InChI=1S/C20H15F2N5O/c1-11-9-23-19-17(11)18(24-10-25-19)12-5-6-16(15(22)7-12)27-20(28)26-14-4-2-3-13(21)8-14/h2-10H,1H3,(H,23,24,25)(H2,26,27,28). The van der Waals surface area contributed by atoms with Crippen LogP contribution >= 0.6 is 0 Å². The van der Waals surface area contributed by atoms with Crippen LogP contribution in [0.25, 0.3) is 22.3 Å². The van der Waals surface area contributed by atoms with Gasteiger partial charge in [-0.05, 0) is 42.8 Å². The molecule has 6 nitrogen and oxygen atoms in total. The molecule has 2 amide bonds. The Hall–Kier alpha value is -3.81. The van der Waals surface area contributed by atoms with Crippen LogP contribution in [-0.4, -0.2) is 21.0 Å². The summed E-state index contributed by atoms with van der Waals surface area (Å²) in [7, 11) is 0. The minimum atomic E-state index is -0.678. The van der Waals surface area contributed by atoms with Gasteiger partial charge in [0.2, 0.25) is 0 Å². The van der Waals surface area contributed by atoms with Crippen molar-refractivity contribution in [3.63, 3.8) is 0 Å². The topological polar surface area (TPSA) is 82.7 Å². The normalized spacial score (nSPS) is 10.8. The van der Waals surface area contributed by atoms with Crippen molar-refractivity contribution in [2.75, 3.05) is 10.6 Å². The number of hydrogen-bond acceptors (Lipinski definition) is 3. The maximum absolute atomic E-state index is 14.6. The first-order chi connectivity index (χ1) is 13.5. The van der Waals surface area contributed by atoms with E-state index in [1.54, 1.807) is 6.07 Å². The molecule has 2 aromatic carbocycles. The van der Waals surface area contributed by atoms with Gasteiger partial charge in [-0.1, -0.05) is 12.1 Å². The summed E-state index contributed by atoms with van der Waals surface area (Å²) >= 11 is 0. The summed E-state index contributed by atoms with van der Waals surface area (Å²) in [5.74, 6) is -1.10. The largest absolute Gasteiger partial charge is 0.346 e. The quantitative estimate of drug-likeness (QED) is 0.476. The van der Waals surface area contributed by atoms with Crippen molar-refractivity contribution in [2.24, 2.45) is 0 Å². The van der Waals surface area contributed by atoms with Crippen molar-refractivity contribution in [3.05, 3.63) is 72.2 Å². The summed E-state index contributed by atoms with van der Waals surface area (Å²) in [5, 5.41) is 5.68. The van der Waals surface area contributed by atoms with E-state index < -0.39 is 17.7 Å². The van der Waals surface area contributed by atoms with Crippen LogP contribution < -0.4 is 10.6 Å². The SMILES string of the molecule is Cc1c[nH]c2ncnc(-c3ccc(NC(=O)Nc4cccc(F)c4)c(F)c3)c12. The predicted molar refractivity (Wildman–Crippen MR) is 103 cm³/mol. The number of halogens is 2. The predicted octanol–water partition coefficient (Wildman–Crippen LogP) is 4.86. The molecule has 0 radical (unpaired) electrons. The number of nitrogens with one attached hydrogen (secondary N) is 3. The van der Waals surface area contributed by atoms with Gasteiger partial charge in [-0.3, -0.25) is 0 Å². The summed E-state index contributed by atoms with van der Waals surface area (Å²) in [6.45, 7) is 1.91. The number of hydrogen-bond donors (Lipinski definition) is 3. The van der Waals surface area contributed by atoms with Gasteiger partial charge < -0.3 is 15.6 Å². The average Bonchev–Trinajstić information content (AvgIpc) is 3.05. The number of carbonyl (C=O) groups excluding carboxylic acids is 1. The highest BCUT2D eigenvalue weighted by molar-refractivity contribution is 6.00. The van der Waals surface area contributed by atoms with E-state index in [2.05, 4.69) is 25.6 Å². The lowest BCUT2D eigenvalue weighted by Gasteiger charge is -2.10. The van der Waals surface area contributed by atoms with Crippen LogP contribution in [-0.2, 0) is 0 Å². The van der Waals surface area contributed by atoms with Gasteiger partial charge >= 0.3 is 6.03 Å². The van der Waals surface area contributed by atoms with E-state index in [0.29, 0.717) is 16.9 Å². The van der Waals surface area contributed by atoms with Crippen LogP contribution in [0.1, 0.15) is 5.56 Å². The van der Waals surface area contributed by atoms with Crippen LogP contribution in [0.5, 0.6) is 0 Å². The molecule has 28 heavy (non-hydrogen) atoms. The first-order valence-electron chi connectivity index (χ1n) is 8.43. The molecule has 4 aromatic rings. The minimum Gasteiger partial charge on any atom is -0.346 e. The number of rotatable bonds is 3. The molecule has 3 N–H and O–H groups in total. The number of aromatic amines is 1. The second kappa shape index (κ2) is 7.07. The van der Waals surface area contributed by atoms with Gasteiger partial charge in [0.1, 0.15) is 23.6 Å². The molecule has 0 atom stereocenters. The van der Waals surface area contributed by atoms with Gasteiger partial charge in [0.05, 0.1) is 11.4 Å². The molecule has 0 aliphatic carbocycles. The Morgan fingerprint density at radius 2 is 1.93 bits per heavy atom. The maximum atomic E-state index is 14.6. The number of aromatic nitrogens is 3. The first kappa shape index (κ1) is 17.6. The Labute approximate surface area is 158 Å². The maximum Gasteiger partial charge on any atom is 0.323 e. The summed E-state index contributed by atoms with van der Waals surface area (Å²) in [6.07, 6.45) is 3.22. The van der Waals surface area contributed by atoms with Crippen LogP contribution in [0.3, 0.4) is 0 Å². The Morgan fingerprint density at radius 1 is 1.07 bits per heavy atom. The molecule has 0 aliphatic rings. The molecular formula is C20H15F2N5O. The highest BCUT2D eigenvalue weighted by Gasteiger charge is 2.14. The van der Waals surface area contributed by atoms with Gasteiger partial charge in [0.15, 0.2) is 0 Å². The van der Waals surface area contributed by atoms with Crippen LogP contribution in [0, 0.1) is 18.6 Å². The van der Waals surface area contributed by atoms with Gasteiger partial charge in [-0.2, -0.15) is 0 Å². The molecule has 2 aromatic heterocycles. The van der Waals surface area contributed by atoms with E-state index in [-0.39, 0.29) is 11.4 Å². The zero-order chi connectivity index (χ0) is 19.7. The van der Waals surface area contributed by atoms with Gasteiger partial charge in [0.25, 0.3) is 0 Å². The number of fused-ring (bicyclic) bond motifs is 1. The monoisotopic (exact) mass is 379 g/mol. The molecule has 0 unspecified atom stereocenters. The van der Waals surface area contributed by atoms with Crippen LogP contribution in [0.15, 0.2) is 55.0 Å². The zero-order valence-electron chi connectivity index (χ0n) is 14.8. The summed E-state index contributed by atoms with van der Waals surface area (Å²) in [5.41, 5.74) is 3.03. The molecule has 0 fully saturated rings. The van der Waals surface area contributed by atoms with Crippen molar-refractivity contribution in [1.29, 1.82) is 0 Å². The average molecular weight is 379 g/mol. The minimum absolute atomic E-state index is 0.00579. The molecule has 0 saturated heterocycles. The Bertz CT molecular complexity index is 1190. The summed E-state index contributed by atoms with van der Waals surface area (Å²) in [4.78, 5) is 23.5. The Morgan fingerprint density at radius 3 is 2.71 bits per heavy atom. The molecule has 8 heteroatoms. The van der Waals surface area contributed by atoms with Crippen molar-refractivity contribution < 1.29 is 13.6 Å². The van der Waals surface area contributed by atoms with Gasteiger partial charge in [-0.25, -0.2) is 23.5 Å². The number of H-pyrrole nitrogens is 1. The van der Waals surface area contributed by atoms with Crippen LogP contribution in [0.2, 0.25) is 0 Å². The van der Waals surface area contributed by atoms with E-state index in [4.69, 9.17) is 0 Å². The molecule has 0 aliphatic heterocycles. The fourth-order valence-electron chi connectivity index (χ4n) is 2.95. The smallest absolute Gasteiger partial charge is 0.323 e. The van der Waals surface area contributed by atoms with Crippen molar-refractivity contribution in [2.45, 2.75) is 6.92 Å². The number of anilines is 2. The number of benzene rings is 2. The van der Waals surface area contributed by atoms with E-state index in [1.165, 1.54) is 42.7 Å². The molecule has 0 spiro atoms. The van der Waals surface area contributed by atoms with E-state index in [0.717, 1.165) is 10.9 Å². The second-order valence-corrected chi connectivity index (χ2v) is 6.20. The molecule has 0 saturated carbocycles. The number of nitrogens with zero attached hydrogens (tertiary/aromatic N) is 2. The lowest BCUT2D eigenvalue weighted by Crippen LogP contribution is -2.20. The van der Waals surface area contributed by atoms with Gasteiger partial charge in [0, 0.05) is 22.8 Å². The van der Waals surface area contributed by atoms with Crippen molar-refractivity contribution in [1.82, 2.24) is 15.0 Å². The summed E-state index contributed by atoms with van der Waals surface area (Å²) in [6, 6.07) is 9.15. The fraction of sp³-hybridized carbons (Fsp3) is 0.0500. The highest BCUT2D eigenvalue weighted by Crippen LogP contribution is 2.29. The molecule has 2 heterocycles. The second-order valence-electron chi connectivity index (χ2n) is 6.20. The summed E-state index contributed by atoms with van der Waals surface area (Å²) < 4.78 is 27.8. The molecule has 4 rings (SSSR count). The van der Waals surface area contributed by atoms with Crippen molar-refractivity contribution in [3.8, 4) is 11.3 Å². The highest BCUT2D eigenvalue weighted by atomic mass is 19.1.